The number of aromatic amines is 1. The van der Waals surface area contributed by atoms with E-state index in [-0.39, 0.29) is 71.6 Å². The molecule has 13 rings (SSSR count). The Morgan fingerprint density at radius 3 is 1.31 bits per heavy atom. The van der Waals surface area contributed by atoms with Crippen LogP contribution < -0.4 is 43.4 Å². The van der Waals surface area contributed by atoms with Crippen LogP contribution in [0.3, 0.4) is 0 Å². The quantitative estimate of drug-likeness (QED) is 0.0207. The summed E-state index contributed by atoms with van der Waals surface area (Å²) in [4.78, 5) is 92.2. The van der Waals surface area contributed by atoms with Gasteiger partial charge in [-0.15, -0.1) is 0 Å². The Kier molecular flexibility index (Phi) is 30.8. The van der Waals surface area contributed by atoms with Crippen molar-refractivity contribution in [1.82, 2.24) is 56.6 Å². The van der Waals surface area contributed by atoms with Crippen LogP contribution in [-0.2, 0) is 25.6 Å². The van der Waals surface area contributed by atoms with E-state index in [1.165, 1.54) is 28.3 Å². The van der Waals surface area contributed by atoms with Crippen LogP contribution in [0.15, 0.2) is 249 Å². The van der Waals surface area contributed by atoms with Gasteiger partial charge in [0.2, 0.25) is 23.6 Å². The number of benzene rings is 9. The second-order valence-corrected chi connectivity index (χ2v) is 29.4. The lowest BCUT2D eigenvalue weighted by molar-refractivity contribution is -0.133. The van der Waals surface area contributed by atoms with Crippen molar-refractivity contribution >= 4 is 74.7 Å². The van der Waals surface area contributed by atoms with Gasteiger partial charge in [-0.05, 0) is 150 Å². The van der Waals surface area contributed by atoms with Crippen molar-refractivity contribution in [2.24, 2.45) is 11.5 Å². The van der Waals surface area contributed by atoms with E-state index in [0.29, 0.717) is 126 Å². The zero-order chi connectivity index (χ0) is 77.7. The van der Waals surface area contributed by atoms with E-state index in [1.54, 1.807) is 30.7 Å². The Bertz CT molecular complexity index is 4400. The molecular weight excluding hydrogens is 1410 g/mol. The number of carbonyl (C=O) groups is 6. The number of halogens is 1. The molecule has 20 heteroatoms. The van der Waals surface area contributed by atoms with Gasteiger partial charge >= 0.3 is 0 Å². The van der Waals surface area contributed by atoms with Crippen LogP contribution in [0.1, 0.15) is 131 Å². The van der Waals surface area contributed by atoms with Gasteiger partial charge in [0.25, 0.3) is 11.8 Å². The minimum absolute atomic E-state index is 0.00158. The van der Waals surface area contributed by atoms with E-state index in [1.807, 2.05) is 160 Å². The number of aromatic nitrogens is 2. The zero-order valence-electron chi connectivity index (χ0n) is 63.7. The molecule has 19 nitrogen and oxygen atoms in total. The van der Waals surface area contributed by atoms with E-state index < -0.39 is 6.04 Å². The van der Waals surface area contributed by atoms with Crippen molar-refractivity contribution in [3.63, 3.8) is 0 Å². The SMILES string of the molecule is CC[C@@H](CN1CC[C@@H](CNC(=O)c2ccc3ccccc3c2)N[C@@H](CCN)C1=O)c1ccccc1.CC[C@H](CN1CC[C@@H](CNC(=O)c2ccc3ccccc3c2)N[C@@H](CCN)C1=O)c1ccccc1.O=C(/C=C/c1ccc(Cl)cc1)NC[C@@H]1CCN(CC(c2ccccc2)c2ccccc2)C(=O)[C@H](Cc2cnc[nH]2)N1. The van der Waals surface area contributed by atoms with Gasteiger partial charge in [0.1, 0.15) is 0 Å². The molecule has 0 spiro atoms. The molecule has 578 valence electrons. The highest BCUT2D eigenvalue weighted by molar-refractivity contribution is 6.30. The van der Waals surface area contributed by atoms with Gasteiger partial charge in [-0.25, -0.2) is 4.98 Å². The van der Waals surface area contributed by atoms with Gasteiger partial charge in [-0.3, -0.25) is 28.8 Å². The Hall–Kier alpha value is -10.6. The number of hydrogen-bond acceptors (Lipinski definition) is 12. The molecule has 8 atom stereocenters. The fourth-order valence-corrected chi connectivity index (χ4v) is 15.1. The highest BCUT2D eigenvalue weighted by Crippen LogP contribution is 2.29. The number of nitrogens with two attached hydrogens (primary N) is 2. The van der Waals surface area contributed by atoms with E-state index in [0.717, 1.165) is 58.5 Å². The molecule has 4 heterocycles. The first kappa shape index (κ1) is 81.4. The van der Waals surface area contributed by atoms with Crippen LogP contribution >= 0.6 is 11.6 Å². The third-order valence-electron chi connectivity index (χ3n) is 21.3. The number of rotatable bonds is 28. The van der Waals surface area contributed by atoms with Crippen molar-refractivity contribution in [1.29, 1.82) is 0 Å². The largest absolute Gasteiger partial charge is 0.351 e. The first-order valence-electron chi connectivity index (χ1n) is 39.2. The molecule has 9 aromatic carbocycles. The summed E-state index contributed by atoms with van der Waals surface area (Å²) in [5.74, 6) is 0.502. The fraction of sp³-hybridized carbons (Fsp3) is 0.330. The summed E-state index contributed by atoms with van der Waals surface area (Å²) in [5, 5.41) is 24.6. The summed E-state index contributed by atoms with van der Waals surface area (Å²) >= 11 is 5.95. The molecule has 0 unspecified atom stereocenters. The maximum absolute atomic E-state index is 14.0. The molecule has 11 N–H and O–H groups in total. The van der Waals surface area contributed by atoms with Crippen molar-refractivity contribution < 1.29 is 28.8 Å². The fourth-order valence-electron chi connectivity index (χ4n) is 15.0. The van der Waals surface area contributed by atoms with Gasteiger partial charge in [-0.1, -0.05) is 220 Å². The van der Waals surface area contributed by atoms with Crippen LogP contribution in [0.5, 0.6) is 0 Å². The number of nitrogens with zero attached hydrogens (tertiary/aromatic N) is 4. The zero-order valence-corrected chi connectivity index (χ0v) is 64.4. The van der Waals surface area contributed by atoms with Crippen molar-refractivity contribution in [2.75, 3.05) is 72.0 Å². The molecule has 3 aliphatic heterocycles. The second-order valence-electron chi connectivity index (χ2n) is 29.0. The van der Waals surface area contributed by atoms with Gasteiger partial charge in [-0.2, -0.15) is 0 Å². The summed E-state index contributed by atoms with van der Waals surface area (Å²) in [7, 11) is 0. The summed E-state index contributed by atoms with van der Waals surface area (Å²) in [5.41, 5.74) is 19.6. The molecule has 3 aliphatic rings. The third kappa shape index (κ3) is 23.7. The predicted molar refractivity (Wildman–Crippen MR) is 445 cm³/mol. The first-order chi connectivity index (χ1) is 54.2. The summed E-state index contributed by atoms with van der Waals surface area (Å²) in [6, 6.07) is 75.1. The van der Waals surface area contributed by atoms with Crippen LogP contribution in [0.25, 0.3) is 27.6 Å². The van der Waals surface area contributed by atoms with Crippen LogP contribution in [-0.4, -0.2) is 168 Å². The maximum atomic E-state index is 14.0. The number of hydrogen-bond donors (Lipinski definition) is 9. The van der Waals surface area contributed by atoms with E-state index in [2.05, 4.69) is 129 Å². The normalized spacial score (nSPS) is 18.7. The topological polar surface area (TPSA) is 265 Å². The van der Waals surface area contributed by atoms with Gasteiger partial charge in [0.15, 0.2) is 0 Å². The van der Waals surface area contributed by atoms with Crippen LogP contribution in [0, 0.1) is 0 Å². The first-order valence-corrected chi connectivity index (χ1v) is 39.6. The maximum Gasteiger partial charge on any atom is 0.251 e. The van der Waals surface area contributed by atoms with Gasteiger partial charge in [0.05, 0.1) is 24.5 Å². The number of nitrogens with one attached hydrogen (secondary N) is 7. The monoisotopic (exact) mass is 1510 g/mol. The minimum atomic E-state index is -0.448. The smallest absolute Gasteiger partial charge is 0.251 e. The highest BCUT2D eigenvalue weighted by atomic mass is 35.5. The summed E-state index contributed by atoms with van der Waals surface area (Å²) in [6.45, 7) is 10.4. The lowest BCUT2D eigenvalue weighted by Gasteiger charge is -2.29. The van der Waals surface area contributed by atoms with Crippen molar-refractivity contribution in [3.8, 4) is 0 Å². The number of H-pyrrole nitrogens is 1. The predicted octanol–water partition coefficient (Wildman–Crippen LogP) is 12.2. The van der Waals surface area contributed by atoms with Crippen molar-refractivity contribution in [2.45, 2.75) is 119 Å². The standard InChI is InChI=1S/C33H34ClN5O2.2C29H36N4O2/c34-27-14-11-24(12-15-27)13-16-32(40)36-21-28-17-18-39(33(41)31(38-28)19-29-20-35-23-37-29)22-30(25-7-3-1-4-8-25)26-9-5-2-6-10-26;2*1-2-21(22-8-4-3-5-9-22)20-33-17-15-26(32-27(14-16-30)29(33)35)19-31-28(34)25-13-12-23-10-6-7-11-24(23)18-25/h1-16,20,23,28,30-31,38H,17-19,21-22H2,(H,35,37)(H,36,40);2*3-13,18,21,26-27,32H,2,14-17,19-20,30H2,1H3,(H,31,34)/b16-13+;;/t28-,31-;21-,26+,27+;21-,26-,27-/m010/s1. The highest BCUT2D eigenvalue weighted by Gasteiger charge is 2.36. The third-order valence-corrected chi connectivity index (χ3v) is 21.6. The number of fused-ring (bicyclic) bond motifs is 2. The lowest BCUT2D eigenvalue weighted by atomic mass is 9.90. The average Bonchev–Trinajstić information content (AvgIpc) is 1.84. The molecule has 10 aromatic rings. The van der Waals surface area contributed by atoms with Crippen molar-refractivity contribution in [3.05, 3.63) is 299 Å². The van der Waals surface area contributed by atoms with Crippen LogP contribution in [0.4, 0.5) is 0 Å². The molecule has 0 saturated carbocycles. The van der Waals surface area contributed by atoms with E-state index in [9.17, 15) is 28.8 Å². The minimum Gasteiger partial charge on any atom is -0.351 e. The molecule has 0 bridgehead atoms. The molecule has 111 heavy (non-hydrogen) atoms. The average molecular weight is 1510 g/mol. The number of imidazole rings is 1. The Morgan fingerprint density at radius 1 is 0.486 bits per heavy atom. The number of carbonyl (C=O) groups excluding carboxylic acids is 6. The second kappa shape index (κ2) is 42.0. The molecule has 6 amide bonds. The van der Waals surface area contributed by atoms with Gasteiger partial charge < -0.3 is 63.1 Å². The Balaban J connectivity index is 0.000000166. The van der Waals surface area contributed by atoms with E-state index in [4.69, 9.17) is 23.1 Å². The van der Waals surface area contributed by atoms with Gasteiger partial charge in [0, 0.05) is 135 Å². The molecule has 3 fully saturated rings. The lowest BCUT2D eigenvalue weighted by Crippen LogP contribution is -2.50. The summed E-state index contributed by atoms with van der Waals surface area (Å²) < 4.78 is 0. The molecule has 3 saturated heterocycles. The molecular formula is C91H106ClN13O6. The Labute approximate surface area is 657 Å². The van der Waals surface area contributed by atoms with E-state index >= 15 is 0 Å². The Morgan fingerprint density at radius 2 is 0.883 bits per heavy atom. The summed E-state index contributed by atoms with van der Waals surface area (Å²) in [6.07, 6.45) is 12.5. The van der Waals surface area contributed by atoms with Crippen LogP contribution in [0.2, 0.25) is 5.02 Å². The molecule has 0 aliphatic carbocycles. The molecule has 0 radical (unpaired) electrons. The molecule has 1 aromatic heterocycles. The number of amides is 6.